The fraction of sp³-hybridized carbons (Fsp3) is 0.400. The van der Waals surface area contributed by atoms with Gasteiger partial charge in [0.1, 0.15) is 5.75 Å². The molecule has 4 rings (SSSR count). The molecule has 2 atom stereocenters. The number of benzene rings is 2. The molecule has 1 aliphatic heterocycles. The van der Waals surface area contributed by atoms with Gasteiger partial charge < -0.3 is 5.11 Å². The first-order chi connectivity index (χ1) is 10.8. The fourth-order valence-electron chi connectivity index (χ4n) is 4.39. The molecule has 0 aromatic heterocycles. The molecule has 2 unspecified atom stereocenters. The molecule has 0 radical (unpaired) electrons. The molecule has 2 aliphatic rings. The van der Waals surface area contributed by atoms with E-state index in [2.05, 4.69) is 41.3 Å². The van der Waals surface area contributed by atoms with Gasteiger partial charge in [0.15, 0.2) is 0 Å². The van der Waals surface area contributed by atoms with Crippen LogP contribution in [0.3, 0.4) is 0 Å². The van der Waals surface area contributed by atoms with Crippen LogP contribution in [0.4, 0.5) is 0 Å². The predicted molar refractivity (Wildman–Crippen MR) is 89.0 cm³/mol. The molecular weight excluding hydrogens is 270 g/mol. The SMILES string of the molecule is Oc1cccc2c1CCC1C2CCCN1Cc1ccccc1. The van der Waals surface area contributed by atoms with Crippen LogP contribution in [0.2, 0.25) is 0 Å². The smallest absolute Gasteiger partial charge is 0.119 e. The summed E-state index contributed by atoms with van der Waals surface area (Å²) in [5, 5.41) is 10.1. The van der Waals surface area contributed by atoms with Crippen LogP contribution in [0.5, 0.6) is 5.75 Å². The van der Waals surface area contributed by atoms with Crippen molar-refractivity contribution in [1.29, 1.82) is 0 Å². The Bertz CT molecular complexity index is 652. The molecule has 1 N–H and O–H groups in total. The number of likely N-dealkylation sites (tertiary alicyclic amines) is 1. The van der Waals surface area contributed by atoms with Crippen LogP contribution >= 0.6 is 0 Å². The Morgan fingerprint density at radius 3 is 2.73 bits per heavy atom. The summed E-state index contributed by atoms with van der Waals surface area (Å²) in [6, 6.07) is 17.5. The molecule has 1 fully saturated rings. The van der Waals surface area contributed by atoms with E-state index in [1.807, 2.05) is 12.1 Å². The Morgan fingerprint density at radius 1 is 1.00 bits per heavy atom. The van der Waals surface area contributed by atoms with Gasteiger partial charge in [-0.2, -0.15) is 0 Å². The number of aromatic hydroxyl groups is 1. The standard InChI is InChI=1S/C20H23NO/c22-20-10-4-8-16-17-9-5-13-21(19(17)12-11-18(16)20)14-15-6-2-1-3-7-15/h1-4,6-8,10,17,19,22H,5,9,11-14H2. The van der Waals surface area contributed by atoms with E-state index in [9.17, 15) is 5.11 Å². The van der Waals surface area contributed by atoms with Crippen LogP contribution in [0.1, 0.15) is 41.9 Å². The molecular formula is C20H23NO. The molecule has 22 heavy (non-hydrogen) atoms. The first-order valence-electron chi connectivity index (χ1n) is 8.41. The normalized spacial score (nSPS) is 24.5. The fourth-order valence-corrected chi connectivity index (χ4v) is 4.39. The number of phenols is 1. The zero-order valence-electron chi connectivity index (χ0n) is 12.9. The van der Waals surface area contributed by atoms with Crippen LogP contribution in [0.25, 0.3) is 0 Å². The zero-order valence-corrected chi connectivity index (χ0v) is 12.9. The summed E-state index contributed by atoms with van der Waals surface area (Å²) >= 11 is 0. The lowest BCUT2D eigenvalue weighted by molar-refractivity contribution is 0.104. The largest absolute Gasteiger partial charge is 0.508 e. The monoisotopic (exact) mass is 293 g/mol. The number of phenolic OH excluding ortho intramolecular Hbond substituents is 1. The third kappa shape index (κ3) is 2.42. The van der Waals surface area contributed by atoms with Gasteiger partial charge in [-0.05, 0) is 60.9 Å². The minimum Gasteiger partial charge on any atom is -0.508 e. The van der Waals surface area contributed by atoms with Crippen molar-refractivity contribution in [2.45, 2.75) is 44.2 Å². The van der Waals surface area contributed by atoms with Crippen molar-refractivity contribution in [3.63, 3.8) is 0 Å². The van der Waals surface area contributed by atoms with Gasteiger partial charge in [-0.1, -0.05) is 42.5 Å². The number of nitrogens with zero attached hydrogens (tertiary/aromatic N) is 1. The summed E-state index contributed by atoms with van der Waals surface area (Å²) in [5.41, 5.74) is 4.00. The highest BCUT2D eigenvalue weighted by Crippen LogP contribution is 2.43. The number of rotatable bonds is 2. The van der Waals surface area contributed by atoms with E-state index < -0.39 is 0 Å². The van der Waals surface area contributed by atoms with Gasteiger partial charge in [0, 0.05) is 12.6 Å². The highest BCUT2D eigenvalue weighted by atomic mass is 16.3. The quantitative estimate of drug-likeness (QED) is 0.901. The van der Waals surface area contributed by atoms with Gasteiger partial charge >= 0.3 is 0 Å². The maximum atomic E-state index is 10.1. The van der Waals surface area contributed by atoms with Crippen LogP contribution in [0, 0.1) is 0 Å². The Kier molecular flexibility index (Phi) is 3.63. The van der Waals surface area contributed by atoms with Crippen molar-refractivity contribution in [1.82, 2.24) is 4.90 Å². The molecule has 2 nitrogen and oxygen atoms in total. The average molecular weight is 293 g/mol. The second kappa shape index (κ2) is 5.77. The second-order valence-corrected chi connectivity index (χ2v) is 6.66. The van der Waals surface area contributed by atoms with Crippen molar-refractivity contribution in [3.8, 4) is 5.75 Å². The van der Waals surface area contributed by atoms with E-state index in [0.717, 1.165) is 13.0 Å². The van der Waals surface area contributed by atoms with Gasteiger partial charge in [-0.3, -0.25) is 4.90 Å². The number of hydrogen-bond donors (Lipinski definition) is 1. The van der Waals surface area contributed by atoms with E-state index in [1.165, 1.54) is 42.5 Å². The first-order valence-corrected chi connectivity index (χ1v) is 8.41. The molecule has 0 spiro atoms. The van der Waals surface area contributed by atoms with Crippen molar-refractivity contribution in [3.05, 3.63) is 65.2 Å². The number of piperidine rings is 1. The van der Waals surface area contributed by atoms with Gasteiger partial charge in [0.2, 0.25) is 0 Å². The molecule has 114 valence electrons. The predicted octanol–water partition coefficient (Wildman–Crippen LogP) is 4.09. The molecule has 0 amide bonds. The molecule has 0 saturated carbocycles. The summed E-state index contributed by atoms with van der Waals surface area (Å²) in [6.07, 6.45) is 4.69. The third-order valence-corrected chi connectivity index (χ3v) is 5.40. The topological polar surface area (TPSA) is 23.5 Å². The molecule has 1 heterocycles. The summed E-state index contributed by atoms with van der Waals surface area (Å²) in [6.45, 7) is 2.25. The molecule has 2 aromatic rings. The van der Waals surface area contributed by atoms with E-state index in [-0.39, 0.29) is 0 Å². The van der Waals surface area contributed by atoms with Crippen LogP contribution < -0.4 is 0 Å². The minimum atomic E-state index is 0.496. The molecule has 1 saturated heterocycles. The summed E-state index contributed by atoms with van der Waals surface area (Å²) < 4.78 is 0. The molecule has 1 aliphatic carbocycles. The van der Waals surface area contributed by atoms with Crippen LogP contribution in [-0.2, 0) is 13.0 Å². The van der Waals surface area contributed by atoms with Crippen molar-refractivity contribution < 1.29 is 5.11 Å². The lowest BCUT2D eigenvalue weighted by Crippen LogP contribution is -2.45. The zero-order chi connectivity index (χ0) is 14.9. The lowest BCUT2D eigenvalue weighted by Gasteiger charge is -2.45. The van der Waals surface area contributed by atoms with Crippen molar-refractivity contribution in [2.24, 2.45) is 0 Å². The van der Waals surface area contributed by atoms with E-state index in [1.54, 1.807) is 0 Å². The van der Waals surface area contributed by atoms with Gasteiger partial charge in [0.05, 0.1) is 0 Å². The maximum absolute atomic E-state index is 10.1. The molecule has 0 bridgehead atoms. The Balaban J connectivity index is 1.61. The second-order valence-electron chi connectivity index (χ2n) is 6.66. The summed E-state index contributed by atoms with van der Waals surface area (Å²) in [4.78, 5) is 2.66. The average Bonchev–Trinajstić information content (AvgIpc) is 2.56. The Morgan fingerprint density at radius 2 is 1.86 bits per heavy atom. The van der Waals surface area contributed by atoms with E-state index in [4.69, 9.17) is 0 Å². The highest BCUT2D eigenvalue weighted by Gasteiger charge is 2.36. The van der Waals surface area contributed by atoms with Crippen molar-refractivity contribution >= 4 is 0 Å². The highest BCUT2D eigenvalue weighted by molar-refractivity contribution is 5.44. The maximum Gasteiger partial charge on any atom is 0.119 e. The third-order valence-electron chi connectivity index (χ3n) is 5.40. The van der Waals surface area contributed by atoms with Crippen LogP contribution in [-0.4, -0.2) is 22.6 Å². The van der Waals surface area contributed by atoms with Gasteiger partial charge in [-0.15, -0.1) is 0 Å². The summed E-state index contributed by atoms with van der Waals surface area (Å²) in [7, 11) is 0. The molecule has 2 heteroatoms. The Labute approximate surface area is 132 Å². The van der Waals surface area contributed by atoms with E-state index >= 15 is 0 Å². The van der Waals surface area contributed by atoms with E-state index in [0.29, 0.717) is 17.7 Å². The van der Waals surface area contributed by atoms with Crippen molar-refractivity contribution in [2.75, 3.05) is 6.54 Å². The van der Waals surface area contributed by atoms with Crippen LogP contribution in [0.15, 0.2) is 48.5 Å². The first kappa shape index (κ1) is 13.8. The minimum absolute atomic E-state index is 0.496. The summed E-state index contributed by atoms with van der Waals surface area (Å²) in [5.74, 6) is 1.09. The number of fused-ring (bicyclic) bond motifs is 3. The lowest BCUT2D eigenvalue weighted by atomic mass is 9.74. The van der Waals surface area contributed by atoms with Gasteiger partial charge in [0.25, 0.3) is 0 Å². The van der Waals surface area contributed by atoms with Gasteiger partial charge in [-0.25, -0.2) is 0 Å². The molecule has 2 aromatic carbocycles. The number of hydrogen-bond acceptors (Lipinski definition) is 2. The Hall–Kier alpha value is -1.80.